The average molecular weight is 400 g/mol. The number of carbonyl (C=O) groups is 2. The lowest BCUT2D eigenvalue weighted by Crippen LogP contribution is -2.29. The Hall–Kier alpha value is -3.31. The van der Waals surface area contributed by atoms with Gasteiger partial charge in [0.15, 0.2) is 6.61 Å². The summed E-state index contributed by atoms with van der Waals surface area (Å²) in [6.07, 6.45) is 5.03. The van der Waals surface area contributed by atoms with Gasteiger partial charge >= 0.3 is 5.97 Å². The molecule has 0 unspecified atom stereocenters. The first-order chi connectivity index (χ1) is 13.2. The van der Waals surface area contributed by atoms with Crippen LogP contribution < -0.4 is 10.0 Å². The number of hydrogen-bond acceptors (Lipinski definition) is 5. The van der Waals surface area contributed by atoms with E-state index in [4.69, 9.17) is 11.2 Å². The number of carbonyl (C=O) groups excluding carboxylic acids is 2. The highest BCUT2D eigenvalue weighted by Crippen LogP contribution is 2.23. The molecule has 7 nitrogen and oxygen atoms in total. The third kappa shape index (κ3) is 5.34. The zero-order valence-electron chi connectivity index (χ0n) is 15.5. The van der Waals surface area contributed by atoms with E-state index in [1.807, 2.05) is 6.07 Å². The molecule has 8 heteroatoms. The molecule has 0 saturated heterocycles. The number of benzene rings is 2. The van der Waals surface area contributed by atoms with Crippen LogP contribution in [-0.2, 0) is 19.6 Å². The highest BCUT2D eigenvalue weighted by atomic mass is 32.2. The number of aryl methyl sites for hydroxylation is 2. The topological polar surface area (TPSA) is 102 Å². The van der Waals surface area contributed by atoms with Gasteiger partial charge in [0.1, 0.15) is 0 Å². The second-order valence-electron chi connectivity index (χ2n) is 5.98. The van der Waals surface area contributed by atoms with E-state index in [-0.39, 0.29) is 22.7 Å². The van der Waals surface area contributed by atoms with Crippen molar-refractivity contribution in [3.8, 4) is 12.3 Å². The first-order valence-electron chi connectivity index (χ1n) is 8.31. The second kappa shape index (κ2) is 9.06. The van der Waals surface area contributed by atoms with Crippen molar-refractivity contribution in [2.45, 2.75) is 18.7 Å². The minimum atomic E-state index is -3.93. The first-order valence-corrected chi connectivity index (χ1v) is 9.79. The van der Waals surface area contributed by atoms with Crippen LogP contribution in [0.4, 0.5) is 5.69 Å². The second-order valence-corrected chi connectivity index (χ2v) is 7.63. The van der Waals surface area contributed by atoms with Crippen LogP contribution in [0.2, 0.25) is 0 Å². The Morgan fingerprint density at radius 2 is 1.86 bits per heavy atom. The van der Waals surface area contributed by atoms with E-state index in [0.717, 1.165) is 5.56 Å². The van der Waals surface area contributed by atoms with Crippen molar-refractivity contribution in [3.05, 3.63) is 59.2 Å². The number of para-hydroxylation sites is 1. The van der Waals surface area contributed by atoms with Crippen molar-refractivity contribution in [3.63, 3.8) is 0 Å². The zero-order chi connectivity index (χ0) is 20.7. The normalized spacial score (nSPS) is 10.6. The number of ether oxygens (including phenoxy) is 1. The lowest BCUT2D eigenvalue weighted by molar-refractivity contribution is -0.123. The molecule has 0 saturated carbocycles. The molecule has 2 N–H and O–H groups in total. The van der Waals surface area contributed by atoms with Gasteiger partial charge < -0.3 is 10.1 Å². The van der Waals surface area contributed by atoms with Crippen LogP contribution in [0.3, 0.4) is 0 Å². The highest BCUT2D eigenvalue weighted by molar-refractivity contribution is 7.92. The van der Waals surface area contributed by atoms with E-state index >= 15 is 0 Å². The number of sulfonamides is 1. The van der Waals surface area contributed by atoms with E-state index in [0.29, 0.717) is 5.56 Å². The Kier molecular flexibility index (Phi) is 6.79. The Balaban J connectivity index is 2.22. The molecule has 0 aromatic heterocycles. The number of amides is 1. The smallest absolute Gasteiger partial charge is 0.340 e. The lowest BCUT2D eigenvalue weighted by atomic mass is 10.2. The summed E-state index contributed by atoms with van der Waals surface area (Å²) in [5.41, 5.74) is 1.40. The van der Waals surface area contributed by atoms with Crippen LogP contribution >= 0.6 is 0 Å². The number of terminal acetylenes is 1. The quantitative estimate of drug-likeness (QED) is 0.547. The summed E-state index contributed by atoms with van der Waals surface area (Å²) in [4.78, 5) is 23.9. The molecule has 0 aliphatic heterocycles. The fourth-order valence-corrected chi connectivity index (χ4v) is 3.77. The molecule has 0 aliphatic carbocycles. The largest absolute Gasteiger partial charge is 0.452 e. The fourth-order valence-electron chi connectivity index (χ4n) is 2.36. The van der Waals surface area contributed by atoms with Crippen LogP contribution in [0.1, 0.15) is 21.5 Å². The summed E-state index contributed by atoms with van der Waals surface area (Å²) in [5.74, 6) is 0.834. The molecule has 0 spiro atoms. The fraction of sp³-hybridized carbons (Fsp3) is 0.200. The van der Waals surface area contributed by atoms with Gasteiger partial charge in [0.05, 0.1) is 22.7 Å². The van der Waals surface area contributed by atoms with Crippen molar-refractivity contribution in [1.82, 2.24) is 5.32 Å². The predicted molar refractivity (Wildman–Crippen MR) is 105 cm³/mol. The molecule has 2 aromatic rings. The van der Waals surface area contributed by atoms with E-state index in [2.05, 4.69) is 16.0 Å². The summed E-state index contributed by atoms with van der Waals surface area (Å²) in [5, 5.41) is 2.36. The minimum absolute atomic E-state index is 0.0128. The van der Waals surface area contributed by atoms with Gasteiger partial charge in [-0.05, 0) is 43.2 Å². The molecule has 2 aromatic carbocycles. The SMILES string of the molecule is C#CCNC(=O)COC(=O)c1ccccc1NS(=O)(=O)c1cc(C)ccc1C. The Labute approximate surface area is 164 Å². The van der Waals surface area contributed by atoms with Crippen molar-refractivity contribution in [1.29, 1.82) is 0 Å². The van der Waals surface area contributed by atoms with Crippen LogP contribution in [0, 0.1) is 26.2 Å². The van der Waals surface area contributed by atoms with Crippen molar-refractivity contribution in [2.24, 2.45) is 0 Å². The predicted octanol–water partition coefficient (Wildman–Crippen LogP) is 2.01. The molecule has 1 amide bonds. The molecule has 2 rings (SSSR count). The maximum atomic E-state index is 12.8. The summed E-state index contributed by atoms with van der Waals surface area (Å²) >= 11 is 0. The summed E-state index contributed by atoms with van der Waals surface area (Å²) in [6, 6.07) is 11.1. The third-order valence-corrected chi connectivity index (χ3v) is 5.25. The van der Waals surface area contributed by atoms with Crippen LogP contribution in [0.25, 0.3) is 0 Å². The van der Waals surface area contributed by atoms with E-state index in [1.54, 1.807) is 38.1 Å². The van der Waals surface area contributed by atoms with Crippen molar-refractivity contribution >= 4 is 27.6 Å². The van der Waals surface area contributed by atoms with E-state index in [9.17, 15) is 18.0 Å². The van der Waals surface area contributed by atoms with Gasteiger partial charge in [-0.15, -0.1) is 6.42 Å². The number of rotatable bonds is 7. The molecule has 0 radical (unpaired) electrons. The zero-order valence-corrected chi connectivity index (χ0v) is 16.3. The Bertz CT molecular complexity index is 1040. The average Bonchev–Trinajstić information content (AvgIpc) is 2.66. The number of esters is 1. The lowest BCUT2D eigenvalue weighted by Gasteiger charge is -2.14. The maximum absolute atomic E-state index is 12.8. The van der Waals surface area contributed by atoms with Crippen molar-refractivity contribution in [2.75, 3.05) is 17.9 Å². The van der Waals surface area contributed by atoms with Crippen LogP contribution in [-0.4, -0.2) is 33.4 Å². The monoisotopic (exact) mass is 400 g/mol. The van der Waals surface area contributed by atoms with Gasteiger partial charge in [-0.25, -0.2) is 13.2 Å². The van der Waals surface area contributed by atoms with E-state index < -0.39 is 28.5 Å². The molecular formula is C20H20N2O5S. The van der Waals surface area contributed by atoms with Gasteiger partial charge in [-0.3, -0.25) is 9.52 Å². The summed E-state index contributed by atoms with van der Waals surface area (Å²) < 4.78 is 32.9. The summed E-state index contributed by atoms with van der Waals surface area (Å²) in [6.45, 7) is 2.96. The molecule has 0 aliphatic rings. The molecule has 146 valence electrons. The number of anilines is 1. The van der Waals surface area contributed by atoms with Crippen LogP contribution in [0.15, 0.2) is 47.4 Å². The molecule has 0 atom stereocenters. The van der Waals surface area contributed by atoms with E-state index in [1.165, 1.54) is 12.1 Å². The number of hydrogen-bond donors (Lipinski definition) is 2. The van der Waals surface area contributed by atoms with Gasteiger partial charge in [0, 0.05) is 0 Å². The van der Waals surface area contributed by atoms with Gasteiger partial charge in [-0.1, -0.05) is 30.2 Å². The highest BCUT2D eigenvalue weighted by Gasteiger charge is 2.21. The first kappa shape index (κ1) is 21.0. The van der Waals surface area contributed by atoms with Gasteiger partial charge in [-0.2, -0.15) is 0 Å². The molecular weight excluding hydrogens is 380 g/mol. The Morgan fingerprint density at radius 3 is 2.57 bits per heavy atom. The van der Waals surface area contributed by atoms with Gasteiger partial charge in [0.2, 0.25) is 0 Å². The maximum Gasteiger partial charge on any atom is 0.340 e. The minimum Gasteiger partial charge on any atom is -0.452 e. The Morgan fingerprint density at radius 1 is 1.14 bits per heavy atom. The molecule has 0 bridgehead atoms. The number of nitrogens with one attached hydrogen (secondary N) is 2. The molecule has 0 fully saturated rings. The van der Waals surface area contributed by atoms with Gasteiger partial charge in [0.25, 0.3) is 15.9 Å². The van der Waals surface area contributed by atoms with Crippen molar-refractivity contribution < 1.29 is 22.7 Å². The third-order valence-electron chi connectivity index (χ3n) is 3.75. The molecule has 28 heavy (non-hydrogen) atoms. The molecule has 0 heterocycles. The van der Waals surface area contributed by atoms with Crippen LogP contribution in [0.5, 0.6) is 0 Å². The summed E-state index contributed by atoms with van der Waals surface area (Å²) in [7, 11) is -3.93. The standard InChI is InChI=1S/C20H20N2O5S/c1-4-11-21-19(23)13-27-20(24)16-7-5-6-8-17(16)22-28(25,26)18-12-14(2)9-10-15(18)3/h1,5-10,12,22H,11,13H2,2-3H3,(H,21,23).